The first kappa shape index (κ1) is 41.8. The monoisotopic (exact) mass is 809 g/mol. The van der Waals surface area contributed by atoms with E-state index in [9.17, 15) is 99.9 Å². The van der Waals surface area contributed by atoms with Crippen LogP contribution in [-0.2, 0) is 30.1 Å². The Balaban J connectivity index is 2.62. The molecule has 0 aliphatic carbocycles. The van der Waals surface area contributed by atoms with Crippen molar-refractivity contribution in [2.45, 2.75) is 56.8 Å². The van der Waals surface area contributed by atoms with Crippen LogP contribution in [0, 0.1) is 0 Å². The molecule has 0 aliphatic heterocycles. The van der Waals surface area contributed by atoms with Crippen molar-refractivity contribution in [1.82, 2.24) is 0 Å². The molecule has 49 heavy (non-hydrogen) atoms. The maximum atomic E-state index is 14.5. The van der Waals surface area contributed by atoms with Crippen LogP contribution < -0.4 is 14.6 Å². The summed E-state index contributed by atoms with van der Waals surface area (Å²) in [6, 6.07) is 4.20. The molecule has 0 atom stereocenters. The number of sulfonamides is 3. The molecule has 0 aromatic heterocycles. The molecule has 29 heteroatoms. The molecule has 0 aliphatic rings. The summed E-state index contributed by atoms with van der Waals surface area (Å²) < 4.78 is 305. The number of primary sulfonamides is 1. The quantitative estimate of drug-likeness (QED) is 0.216. The summed E-state index contributed by atoms with van der Waals surface area (Å²) >= 11 is 0. The normalized spacial score (nSPS) is 15.2. The first-order chi connectivity index (χ1) is 21.4. The maximum Gasteiger partial charge on any atom is 0.460 e. The van der Waals surface area contributed by atoms with Crippen molar-refractivity contribution < 1.29 is 99.9 Å². The van der Waals surface area contributed by atoms with Gasteiger partial charge in [0.05, 0.1) is 10.6 Å². The van der Waals surface area contributed by atoms with Crippen LogP contribution in [0.2, 0.25) is 0 Å². The van der Waals surface area contributed by atoms with Gasteiger partial charge in [-0.3, -0.25) is 9.44 Å². The van der Waals surface area contributed by atoms with Crippen molar-refractivity contribution in [2.75, 3.05) is 9.44 Å². The Morgan fingerprint density at radius 2 is 0.878 bits per heavy atom. The summed E-state index contributed by atoms with van der Waals surface area (Å²) in [4.78, 5) is -2.23. The number of nitrogens with two attached hydrogens (primary N) is 1. The third-order valence-corrected chi connectivity index (χ3v) is 9.68. The van der Waals surface area contributed by atoms with Crippen LogP contribution in [0.3, 0.4) is 0 Å². The van der Waals surface area contributed by atoms with Gasteiger partial charge in [0.2, 0.25) is 10.0 Å². The molecule has 4 N–H and O–H groups in total. The first-order valence-electron chi connectivity index (χ1n) is 11.4. The lowest BCUT2D eigenvalue weighted by Gasteiger charge is -2.42. The van der Waals surface area contributed by atoms with Gasteiger partial charge in [-0.1, -0.05) is 12.1 Å². The molecule has 0 heterocycles. The van der Waals surface area contributed by atoms with Crippen LogP contribution in [0.4, 0.5) is 86.0 Å². The summed E-state index contributed by atoms with van der Waals surface area (Å²) in [5, 5.41) is -3.14. The molecule has 280 valence electrons. The number of rotatable bonds is 13. The highest BCUT2D eigenvalue weighted by Gasteiger charge is 2.96. The lowest BCUT2D eigenvalue weighted by Crippen LogP contribution is -2.75. The lowest BCUT2D eigenvalue weighted by molar-refractivity contribution is -0.458. The Morgan fingerprint density at radius 3 is 1.29 bits per heavy atom. The van der Waals surface area contributed by atoms with Crippen LogP contribution in [0.15, 0.2) is 58.3 Å². The molecule has 0 radical (unpaired) electrons. The van der Waals surface area contributed by atoms with Crippen molar-refractivity contribution >= 4 is 41.4 Å². The summed E-state index contributed by atoms with van der Waals surface area (Å²) in [5.41, 5.74) is -2.47. The number of nitrogens with one attached hydrogen (secondary N) is 2. The second kappa shape index (κ2) is 11.9. The molecule has 0 amide bonds. The number of halogens is 17. The van der Waals surface area contributed by atoms with E-state index < -0.39 is 98.2 Å². The summed E-state index contributed by atoms with van der Waals surface area (Å²) in [7, 11) is -17.6. The number of hydrogen-bond donors (Lipinski definition) is 3. The van der Waals surface area contributed by atoms with Crippen LogP contribution in [-0.4, -0.2) is 72.2 Å². The van der Waals surface area contributed by atoms with Gasteiger partial charge in [0.25, 0.3) is 10.0 Å². The molecule has 2 aromatic rings. The highest BCUT2D eigenvalue weighted by Crippen LogP contribution is 2.64. The van der Waals surface area contributed by atoms with E-state index in [0.29, 0.717) is 36.4 Å². The number of benzene rings is 2. The van der Waals surface area contributed by atoms with E-state index >= 15 is 0 Å². The van der Waals surface area contributed by atoms with E-state index in [2.05, 4.69) is 0 Å². The fourth-order valence-electron chi connectivity index (χ4n) is 3.24. The Morgan fingerprint density at radius 1 is 0.490 bits per heavy atom. The molecule has 0 fully saturated rings. The van der Waals surface area contributed by atoms with Gasteiger partial charge in [0.15, 0.2) is 0 Å². The predicted molar refractivity (Wildman–Crippen MR) is 128 cm³/mol. The van der Waals surface area contributed by atoms with Crippen molar-refractivity contribution in [2.24, 2.45) is 5.14 Å². The number of anilines is 2. The van der Waals surface area contributed by atoms with Gasteiger partial charge in [-0.25, -0.2) is 22.0 Å². The standard InChI is InChI=1S/C20H12F17N3O6S3/c21-13(22,15(25,26)17(29,30)19(33,34)35)14(23,24)16(27,28)18(31,32)20(36,37)49(45,46)40-11-3-1-2-4-12(11)48(43,44)39-9-5-7-10(8-6-9)47(38,41)42/h1-8,39-40H,(H2,38,41,42). The van der Waals surface area contributed by atoms with Gasteiger partial charge in [0, 0.05) is 5.69 Å². The molecule has 0 spiro atoms. The zero-order valence-corrected chi connectivity index (χ0v) is 24.7. The van der Waals surface area contributed by atoms with Gasteiger partial charge in [-0.05, 0) is 36.4 Å². The molecule has 9 nitrogen and oxygen atoms in total. The fraction of sp³-hybridized carbons (Fsp3) is 0.400. The summed E-state index contributed by atoms with van der Waals surface area (Å²) in [6.07, 6.45) is -7.98. The van der Waals surface area contributed by atoms with Crippen LogP contribution >= 0.6 is 0 Å². The highest BCUT2D eigenvalue weighted by atomic mass is 32.2. The van der Waals surface area contributed by atoms with Gasteiger partial charge in [-0.2, -0.15) is 83.1 Å². The zero-order valence-electron chi connectivity index (χ0n) is 22.3. The number of hydrogen-bond acceptors (Lipinski definition) is 6. The predicted octanol–water partition coefficient (Wildman–Crippen LogP) is 5.84. The molecule has 0 unspecified atom stereocenters. The minimum absolute atomic E-state index is 0.0884. The second-order valence-corrected chi connectivity index (χ2v) is 14.2. The zero-order chi connectivity index (χ0) is 38.9. The third kappa shape index (κ3) is 6.52. The first-order valence-corrected chi connectivity index (χ1v) is 15.9. The van der Waals surface area contributed by atoms with E-state index in [1.54, 1.807) is 4.72 Å². The molecule has 0 saturated carbocycles. The van der Waals surface area contributed by atoms with Crippen molar-refractivity contribution in [3.63, 3.8) is 0 Å². The van der Waals surface area contributed by atoms with Gasteiger partial charge < -0.3 is 0 Å². The molecule has 0 saturated heterocycles. The largest absolute Gasteiger partial charge is 0.460 e. The average Bonchev–Trinajstić information content (AvgIpc) is 2.91. The van der Waals surface area contributed by atoms with Crippen molar-refractivity contribution in [3.8, 4) is 0 Å². The van der Waals surface area contributed by atoms with Crippen molar-refractivity contribution in [3.05, 3.63) is 48.5 Å². The average molecular weight is 809 g/mol. The number of alkyl halides is 17. The van der Waals surface area contributed by atoms with Gasteiger partial charge in [0.1, 0.15) is 4.90 Å². The van der Waals surface area contributed by atoms with Gasteiger partial charge >= 0.3 is 57.0 Å². The van der Waals surface area contributed by atoms with E-state index in [1.165, 1.54) is 0 Å². The third-order valence-electron chi connectivity index (χ3n) is 5.89. The Bertz CT molecular complexity index is 1900. The van der Waals surface area contributed by atoms with Gasteiger partial charge in [-0.15, -0.1) is 0 Å². The Labute approximate surface area is 261 Å². The van der Waals surface area contributed by atoms with Crippen LogP contribution in [0.1, 0.15) is 0 Å². The summed E-state index contributed by atoms with van der Waals surface area (Å²) in [5.74, 6) is -52.8. The molecule has 2 rings (SSSR count). The van der Waals surface area contributed by atoms with Crippen LogP contribution in [0.25, 0.3) is 0 Å². The second-order valence-electron chi connectivity index (χ2n) is 9.24. The molecule has 2 aromatic carbocycles. The van der Waals surface area contributed by atoms with E-state index in [0.717, 1.165) is 0 Å². The minimum Gasteiger partial charge on any atom is -0.280 e. The highest BCUT2D eigenvalue weighted by molar-refractivity contribution is 7.94. The summed E-state index contributed by atoms with van der Waals surface area (Å²) in [6.45, 7) is 0. The Hall–Kier alpha value is -3.34. The van der Waals surface area contributed by atoms with Crippen LogP contribution in [0.5, 0.6) is 0 Å². The van der Waals surface area contributed by atoms with Crippen molar-refractivity contribution in [1.29, 1.82) is 0 Å². The Kier molecular flexibility index (Phi) is 10.1. The topological polar surface area (TPSA) is 152 Å². The number of para-hydroxylation sites is 1. The molecular formula is C20H12F17N3O6S3. The van der Waals surface area contributed by atoms with E-state index in [-0.39, 0.29) is 16.9 Å². The molecular weight excluding hydrogens is 797 g/mol. The smallest absolute Gasteiger partial charge is 0.280 e. The van der Waals surface area contributed by atoms with E-state index in [4.69, 9.17) is 5.14 Å². The lowest BCUT2D eigenvalue weighted by atomic mass is 9.91. The maximum absolute atomic E-state index is 14.5. The minimum atomic E-state index is -9.05. The van der Waals surface area contributed by atoms with E-state index in [1.807, 2.05) is 0 Å². The molecule has 0 bridgehead atoms. The SMILES string of the molecule is NS(=O)(=O)c1ccc(NS(=O)(=O)c2ccccc2NS(=O)(=O)C(F)(F)C(F)(F)C(F)(F)C(F)(F)C(F)(F)C(F)(F)C(F)(F)C(F)(F)F)cc1. The fourth-order valence-corrected chi connectivity index (χ4v) is 6.10.